The number of hydrogen-bond donors (Lipinski definition) is 1. The molecule has 1 amide bonds. The summed E-state index contributed by atoms with van der Waals surface area (Å²) in [4.78, 5) is 18.4. The highest BCUT2D eigenvalue weighted by Gasteiger charge is 2.33. The zero-order valence-corrected chi connectivity index (χ0v) is 18.0. The molecule has 0 bridgehead atoms. The van der Waals surface area contributed by atoms with Crippen molar-refractivity contribution in [2.75, 3.05) is 0 Å². The van der Waals surface area contributed by atoms with Gasteiger partial charge in [-0.1, -0.05) is 103 Å². The highest BCUT2D eigenvalue weighted by Crippen LogP contribution is 2.30. The van der Waals surface area contributed by atoms with E-state index in [9.17, 15) is 4.79 Å². The zero-order chi connectivity index (χ0) is 21.5. The van der Waals surface area contributed by atoms with E-state index in [4.69, 9.17) is 0 Å². The van der Waals surface area contributed by atoms with Crippen molar-refractivity contribution in [3.63, 3.8) is 0 Å². The lowest BCUT2D eigenvalue weighted by Crippen LogP contribution is -2.43. The fourth-order valence-electron chi connectivity index (χ4n) is 3.22. The minimum Gasteiger partial charge on any atom is -0.272 e. The third-order valence-electron chi connectivity index (χ3n) is 4.69. The summed E-state index contributed by atoms with van der Waals surface area (Å²) in [6.07, 6.45) is 5.88. The molecule has 1 saturated heterocycles. The Hall–Kier alpha value is -3.57. The maximum absolute atomic E-state index is 13.7. The summed E-state index contributed by atoms with van der Waals surface area (Å²) in [6.45, 7) is 1.95. The number of benzene rings is 3. The fourth-order valence-corrected chi connectivity index (χ4v) is 4.25. The van der Waals surface area contributed by atoms with Crippen LogP contribution < -0.4 is 5.43 Å². The maximum atomic E-state index is 13.7. The second-order valence-electron chi connectivity index (χ2n) is 6.91. The lowest BCUT2D eigenvalue weighted by atomic mass is 10.0. The Morgan fingerprint density at radius 2 is 1.55 bits per heavy atom. The van der Waals surface area contributed by atoms with E-state index in [1.807, 2.05) is 116 Å². The van der Waals surface area contributed by atoms with E-state index in [2.05, 4.69) is 10.4 Å². The van der Waals surface area contributed by atoms with Crippen molar-refractivity contribution >= 4 is 40.2 Å². The first-order valence-electron chi connectivity index (χ1n) is 10.1. The molecule has 154 valence electrons. The number of hydrazine groups is 1. The molecule has 4 nitrogen and oxygen atoms in total. The number of hydrogen-bond acceptors (Lipinski definition) is 3. The first kappa shape index (κ1) is 20.7. The molecule has 0 aromatic heterocycles. The lowest BCUT2D eigenvalue weighted by molar-refractivity contribution is -0.126. The first-order chi connectivity index (χ1) is 15.2. The number of nitrogens with one attached hydrogen (secondary N) is 1. The number of allylic oxidation sites excluding steroid dienone is 1. The molecule has 1 unspecified atom stereocenters. The van der Waals surface area contributed by atoms with Crippen LogP contribution in [0.5, 0.6) is 0 Å². The van der Waals surface area contributed by atoms with Crippen molar-refractivity contribution in [3.8, 4) is 0 Å². The summed E-state index contributed by atoms with van der Waals surface area (Å²) in [5.74, 6) is -0.107. The van der Waals surface area contributed by atoms with Gasteiger partial charge in [0.25, 0.3) is 5.91 Å². The molecular formula is C26H23N3OS. The molecule has 0 radical (unpaired) electrons. The molecule has 3 aromatic rings. The fraction of sp³-hybridized carbons (Fsp3) is 0.0769. The van der Waals surface area contributed by atoms with Gasteiger partial charge in [-0.3, -0.25) is 10.2 Å². The normalized spacial score (nSPS) is 17.8. The number of rotatable bonds is 5. The minimum atomic E-state index is -0.192. The van der Waals surface area contributed by atoms with Gasteiger partial charge in [-0.05, 0) is 36.3 Å². The average Bonchev–Trinajstić information content (AvgIpc) is 3.21. The Morgan fingerprint density at radius 1 is 0.935 bits per heavy atom. The lowest BCUT2D eigenvalue weighted by Gasteiger charge is -2.22. The van der Waals surface area contributed by atoms with E-state index < -0.39 is 0 Å². The molecule has 4 rings (SSSR count). The van der Waals surface area contributed by atoms with Crippen LogP contribution in [0.2, 0.25) is 0 Å². The summed E-state index contributed by atoms with van der Waals surface area (Å²) in [5, 5.41) is 2.14. The minimum absolute atomic E-state index is 0.107. The van der Waals surface area contributed by atoms with Gasteiger partial charge in [0.15, 0.2) is 5.17 Å². The van der Waals surface area contributed by atoms with Gasteiger partial charge in [0.05, 0.1) is 5.69 Å². The summed E-state index contributed by atoms with van der Waals surface area (Å²) in [5.41, 5.74) is 6.52. The van der Waals surface area contributed by atoms with Crippen molar-refractivity contribution in [2.24, 2.45) is 4.99 Å². The van der Waals surface area contributed by atoms with Crippen LogP contribution >= 0.6 is 11.8 Å². The van der Waals surface area contributed by atoms with Crippen molar-refractivity contribution in [1.29, 1.82) is 0 Å². The van der Waals surface area contributed by atoms with E-state index >= 15 is 0 Å². The van der Waals surface area contributed by atoms with Crippen LogP contribution in [0.3, 0.4) is 0 Å². The molecule has 0 aliphatic carbocycles. The molecule has 0 spiro atoms. The van der Waals surface area contributed by atoms with Crippen LogP contribution in [0.15, 0.2) is 108 Å². The standard InChI is InChI=1S/C26H23N3OS/c1-2-12-24-29(28-26(31-24)27-22-17-10-5-11-18-22)25(30)23(21-15-8-4-9-16-21)19-20-13-6-3-7-14-20/h2-19,24H,1H3,(H,27,28)/b12-2+,23-19+. The van der Waals surface area contributed by atoms with E-state index in [-0.39, 0.29) is 11.3 Å². The number of aliphatic imine (C=N–C) groups is 1. The number of amidine groups is 1. The van der Waals surface area contributed by atoms with Gasteiger partial charge in [-0.2, -0.15) is 0 Å². The number of amides is 1. The Kier molecular flexibility index (Phi) is 6.65. The predicted octanol–water partition coefficient (Wildman–Crippen LogP) is 5.90. The summed E-state index contributed by atoms with van der Waals surface area (Å²) in [7, 11) is 0. The van der Waals surface area contributed by atoms with Crippen molar-refractivity contribution in [2.45, 2.75) is 12.3 Å². The molecule has 1 fully saturated rings. The third kappa shape index (κ3) is 5.13. The van der Waals surface area contributed by atoms with Crippen LogP contribution in [0.4, 0.5) is 5.69 Å². The van der Waals surface area contributed by atoms with Gasteiger partial charge >= 0.3 is 0 Å². The second kappa shape index (κ2) is 9.96. The molecule has 31 heavy (non-hydrogen) atoms. The number of nitrogens with zero attached hydrogens (tertiary/aromatic N) is 2. The summed E-state index contributed by atoms with van der Waals surface area (Å²) >= 11 is 1.52. The van der Waals surface area contributed by atoms with Gasteiger partial charge in [0, 0.05) is 5.57 Å². The number of para-hydroxylation sites is 1. The van der Waals surface area contributed by atoms with Gasteiger partial charge in [-0.15, -0.1) is 0 Å². The Bertz CT molecular complexity index is 1110. The van der Waals surface area contributed by atoms with Crippen LogP contribution in [0.25, 0.3) is 11.6 Å². The largest absolute Gasteiger partial charge is 0.274 e. The average molecular weight is 426 g/mol. The molecule has 1 heterocycles. The SMILES string of the molecule is C/C=C/C1SC(=Nc2ccccc2)NN1C(=O)/C(=C/c1ccccc1)c1ccccc1. The van der Waals surface area contributed by atoms with Gasteiger partial charge in [0.2, 0.25) is 0 Å². The molecule has 5 heteroatoms. The van der Waals surface area contributed by atoms with Crippen LogP contribution in [0, 0.1) is 0 Å². The molecule has 1 N–H and O–H groups in total. The van der Waals surface area contributed by atoms with Crippen molar-refractivity contribution < 1.29 is 4.79 Å². The third-order valence-corrected chi connectivity index (χ3v) is 5.71. The smallest absolute Gasteiger partial charge is 0.272 e. The van der Waals surface area contributed by atoms with Crippen molar-refractivity contribution in [1.82, 2.24) is 10.4 Å². The molecule has 1 aliphatic heterocycles. The van der Waals surface area contributed by atoms with Crippen LogP contribution in [0.1, 0.15) is 18.1 Å². The van der Waals surface area contributed by atoms with E-state index in [1.54, 1.807) is 5.01 Å². The Labute approximate surface area is 187 Å². The summed E-state index contributed by atoms with van der Waals surface area (Å²) in [6, 6.07) is 29.4. The van der Waals surface area contributed by atoms with Crippen LogP contribution in [-0.2, 0) is 4.79 Å². The summed E-state index contributed by atoms with van der Waals surface area (Å²) < 4.78 is 0. The highest BCUT2D eigenvalue weighted by molar-refractivity contribution is 8.14. The molecule has 1 atom stereocenters. The van der Waals surface area contributed by atoms with Crippen LogP contribution in [-0.4, -0.2) is 21.5 Å². The van der Waals surface area contributed by atoms with Gasteiger partial charge in [-0.25, -0.2) is 10.0 Å². The monoisotopic (exact) mass is 425 g/mol. The number of carbonyl (C=O) groups is 1. The maximum Gasteiger partial charge on any atom is 0.274 e. The zero-order valence-electron chi connectivity index (χ0n) is 17.2. The predicted molar refractivity (Wildman–Crippen MR) is 130 cm³/mol. The van der Waals surface area contributed by atoms with E-state index in [1.165, 1.54) is 11.8 Å². The molecule has 0 saturated carbocycles. The second-order valence-corrected chi connectivity index (χ2v) is 8.01. The number of thioether (sulfide) groups is 1. The molecule has 3 aromatic carbocycles. The Balaban J connectivity index is 1.69. The molecule has 1 aliphatic rings. The van der Waals surface area contributed by atoms with E-state index in [0.29, 0.717) is 10.7 Å². The Morgan fingerprint density at radius 3 is 2.19 bits per heavy atom. The van der Waals surface area contributed by atoms with E-state index in [0.717, 1.165) is 16.8 Å². The quantitative estimate of drug-likeness (QED) is 0.315. The van der Waals surface area contributed by atoms with Gasteiger partial charge in [0.1, 0.15) is 5.37 Å². The number of carbonyl (C=O) groups excluding carboxylic acids is 1. The van der Waals surface area contributed by atoms with Gasteiger partial charge < -0.3 is 0 Å². The highest BCUT2D eigenvalue weighted by atomic mass is 32.2. The molecular weight excluding hydrogens is 402 g/mol. The van der Waals surface area contributed by atoms with Crippen molar-refractivity contribution in [3.05, 3.63) is 114 Å². The topological polar surface area (TPSA) is 44.7 Å². The first-order valence-corrected chi connectivity index (χ1v) is 11.0.